The number of ether oxygens (including phenoxy) is 3. The summed E-state index contributed by atoms with van der Waals surface area (Å²) in [6.45, 7) is 7.56. The van der Waals surface area contributed by atoms with Crippen LogP contribution in [0.1, 0.15) is 64.5 Å². The lowest BCUT2D eigenvalue weighted by Gasteiger charge is -2.21. The van der Waals surface area contributed by atoms with Gasteiger partial charge >= 0.3 is 11.7 Å². The Kier molecular flexibility index (Phi) is 9.44. The Labute approximate surface area is 210 Å². The molecule has 0 spiro atoms. The molecule has 1 aromatic carbocycles. The van der Waals surface area contributed by atoms with Gasteiger partial charge in [-0.05, 0) is 64.2 Å². The van der Waals surface area contributed by atoms with E-state index in [0.29, 0.717) is 51.2 Å². The van der Waals surface area contributed by atoms with Crippen molar-refractivity contribution < 1.29 is 28.6 Å². The highest BCUT2D eigenvalue weighted by atomic mass is 16.6. The number of aromatic nitrogens is 2. The summed E-state index contributed by atoms with van der Waals surface area (Å²) in [5, 5.41) is 2.32. The van der Waals surface area contributed by atoms with Crippen molar-refractivity contribution in [2.24, 2.45) is 7.05 Å². The lowest BCUT2D eigenvalue weighted by atomic mass is 10.1. The lowest BCUT2D eigenvalue weighted by molar-refractivity contribution is -0.155. The first-order chi connectivity index (χ1) is 17.1. The molecule has 3 rings (SSSR count). The number of carbonyl (C=O) groups is 3. The Balaban J connectivity index is 1.39. The molecule has 0 bridgehead atoms. The first-order valence-corrected chi connectivity index (χ1v) is 12.5. The summed E-state index contributed by atoms with van der Waals surface area (Å²) in [6.07, 6.45) is 3.08. The number of amides is 2. The largest absolute Gasteiger partial charge is 0.460 e. The van der Waals surface area contributed by atoms with Crippen LogP contribution in [-0.4, -0.2) is 58.9 Å². The van der Waals surface area contributed by atoms with Gasteiger partial charge in [-0.2, -0.15) is 0 Å². The predicted molar refractivity (Wildman–Crippen MR) is 134 cm³/mol. The lowest BCUT2D eigenvalue weighted by Crippen LogP contribution is -2.44. The van der Waals surface area contributed by atoms with Crippen LogP contribution in [0.5, 0.6) is 0 Å². The van der Waals surface area contributed by atoms with Gasteiger partial charge in [0, 0.05) is 33.1 Å². The van der Waals surface area contributed by atoms with E-state index in [0.717, 1.165) is 23.9 Å². The van der Waals surface area contributed by atoms with Crippen LogP contribution >= 0.6 is 0 Å². The Bertz CT molecular complexity index is 1140. The van der Waals surface area contributed by atoms with Gasteiger partial charge in [0.05, 0.1) is 24.2 Å². The molecule has 1 N–H and O–H groups in total. The van der Waals surface area contributed by atoms with Crippen LogP contribution < -0.4 is 11.0 Å². The van der Waals surface area contributed by atoms with E-state index in [1.165, 1.54) is 4.57 Å². The maximum absolute atomic E-state index is 12.8. The Morgan fingerprint density at radius 2 is 1.72 bits per heavy atom. The van der Waals surface area contributed by atoms with Crippen molar-refractivity contribution >= 4 is 28.8 Å². The molecule has 10 heteroatoms. The second-order valence-electron chi connectivity index (χ2n) is 10.0. The molecule has 1 saturated heterocycles. The van der Waals surface area contributed by atoms with Crippen LogP contribution in [0.3, 0.4) is 0 Å². The molecule has 1 unspecified atom stereocenters. The summed E-state index contributed by atoms with van der Waals surface area (Å²) < 4.78 is 19.4. The van der Waals surface area contributed by atoms with E-state index in [4.69, 9.17) is 14.2 Å². The van der Waals surface area contributed by atoms with Crippen molar-refractivity contribution in [1.82, 2.24) is 14.5 Å². The molecule has 2 heterocycles. The number of hydrogen-bond donors (Lipinski definition) is 1. The molecule has 198 valence electrons. The van der Waals surface area contributed by atoms with Gasteiger partial charge in [-0.25, -0.2) is 4.79 Å². The Hall–Kier alpha value is -2.98. The highest BCUT2D eigenvalue weighted by Crippen LogP contribution is 2.24. The van der Waals surface area contributed by atoms with Crippen molar-refractivity contribution in [3.63, 3.8) is 0 Å². The second-order valence-corrected chi connectivity index (χ2v) is 10.0. The molecule has 1 aliphatic heterocycles. The minimum Gasteiger partial charge on any atom is -0.460 e. The molecule has 10 nitrogen and oxygen atoms in total. The number of hydrogen-bond acceptors (Lipinski definition) is 7. The summed E-state index contributed by atoms with van der Waals surface area (Å²) >= 11 is 0. The van der Waals surface area contributed by atoms with Crippen molar-refractivity contribution in [1.29, 1.82) is 0 Å². The van der Waals surface area contributed by atoms with E-state index in [1.54, 1.807) is 11.6 Å². The van der Waals surface area contributed by atoms with Crippen LogP contribution in [0.25, 0.3) is 11.0 Å². The summed E-state index contributed by atoms with van der Waals surface area (Å²) in [4.78, 5) is 48.3. The highest BCUT2D eigenvalue weighted by Gasteiger charge is 2.31. The molecule has 2 aromatic rings. The minimum atomic E-state index is -0.683. The van der Waals surface area contributed by atoms with Gasteiger partial charge in [0.25, 0.3) is 0 Å². The maximum atomic E-state index is 12.8. The SMILES string of the molecule is Cn1c(=O)n(C2CCC(=O)NC2=O)c2ccc(CCCOCCOCCCC(=O)OC(C)(C)C)cc21. The molecule has 36 heavy (non-hydrogen) atoms. The third-order valence-electron chi connectivity index (χ3n) is 5.89. The minimum absolute atomic E-state index is 0.215. The quantitative estimate of drug-likeness (QED) is 0.268. The van der Waals surface area contributed by atoms with Crippen LogP contribution in [0.4, 0.5) is 0 Å². The Morgan fingerprint density at radius 3 is 2.39 bits per heavy atom. The summed E-state index contributed by atoms with van der Waals surface area (Å²) in [5.74, 6) is -0.957. The van der Waals surface area contributed by atoms with Crippen LogP contribution in [0.2, 0.25) is 0 Å². The van der Waals surface area contributed by atoms with Crippen LogP contribution in [0.15, 0.2) is 23.0 Å². The molecule has 1 aromatic heterocycles. The molecular formula is C26H37N3O7. The van der Waals surface area contributed by atoms with Crippen molar-refractivity contribution in [3.8, 4) is 0 Å². The fourth-order valence-electron chi connectivity index (χ4n) is 4.21. The van der Waals surface area contributed by atoms with Gasteiger partial charge in [0.2, 0.25) is 11.8 Å². The molecule has 1 atom stereocenters. The number of imidazole rings is 1. The summed E-state index contributed by atoms with van der Waals surface area (Å²) in [5.41, 5.74) is 1.77. The zero-order valence-electron chi connectivity index (χ0n) is 21.6. The number of nitrogens with one attached hydrogen (secondary N) is 1. The van der Waals surface area contributed by atoms with E-state index in [1.807, 2.05) is 39.0 Å². The average molecular weight is 504 g/mol. The van der Waals surface area contributed by atoms with Crippen LogP contribution in [0, 0.1) is 0 Å². The highest BCUT2D eigenvalue weighted by molar-refractivity contribution is 6.00. The van der Waals surface area contributed by atoms with Gasteiger partial charge in [-0.1, -0.05) is 6.07 Å². The topological polar surface area (TPSA) is 118 Å². The maximum Gasteiger partial charge on any atom is 0.329 e. The van der Waals surface area contributed by atoms with Gasteiger partial charge in [-0.15, -0.1) is 0 Å². The average Bonchev–Trinajstić information content (AvgIpc) is 3.04. The monoisotopic (exact) mass is 503 g/mol. The standard InChI is InChI=1S/C26H37N3O7/c1-26(2,3)36-23(31)8-6-14-35-16-15-34-13-5-7-18-9-10-19-21(17-18)28(4)25(33)29(19)20-11-12-22(30)27-24(20)32/h9-10,17,20H,5-8,11-16H2,1-4H3,(H,27,30,32). The van der Waals surface area contributed by atoms with Crippen molar-refractivity contribution in [2.45, 2.75) is 70.9 Å². The normalized spacial score (nSPS) is 16.4. The molecular weight excluding hydrogens is 466 g/mol. The third-order valence-corrected chi connectivity index (χ3v) is 5.89. The predicted octanol–water partition coefficient (Wildman–Crippen LogP) is 2.41. The number of aryl methyl sites for hydroxylation is 2. The van der Waals surface area contributed by atoms with Gasteiger partial charge in [0.15, 0.2) is 0 Å². The van der Waals surface area contributed by atoms with Gasteiger partial charge in [0.1, 0.15) is 11.6 Å². The number of piperidine rings is 1. The zero-order chi connectivity index (χ0) is 26.3. The Morgan fingerprint density at radius 1 is 1.03 bits per heavy atom. The van der Waals surface area contributed by atoms with Gasteiger partial charge < -0.3 is 14.2 Å². The van der Waals surface area contributed by atoms with Crippen molar-refractivity contribution in [3.05, 3.63) is 34.2 Å². The van der Waals surface area contributed by atoms with E-state index in [-0.39, 0.29) is 24.0 Å². The molecule has 1 aliphatic rings. The number of nitrogens with zero attached hydrogens (tertiary/aromatic N) is 2. The second kappa shape index (κ2) is 12.3. The number of rotatable bonds is 12. The van der Waals surface area contributed by atoms with Crippen LogP contribution in [-0.2, 0) is 42.1 Å². The van der Waals surface area contributed by atoms with Crippen molar-refractivity contribution in [2.75, 3.05) is 26.4 Å². The van der Waals surface area contributed by atoms with E-state index in [2.05, 4.69) is 5.32 Å². The fraction of sp³-hybridized carbons (Fsp3) is 0.615. The fourth-order valence-corrected chi connectivity index (χ4v) is 4.21. The number of benzene rings is 1. The smallest absolute Gasteiger partial charge is 0.329 e. The van der Waals surface area contributed by atoms with E-state index < -0.39 is 17.6 Å². The number of fused-ring (bicyclic) bond motifs is 1. The van der Waals surface area contributed by atoms with E-state index >= 15 is 0 Å². The van der Waals surface area contributed by atoms with Gasteiger partial charge in [-0.3, -0.25) is 28.8 Å². The number of imide groups is 1. The number of carbonyl (C=O) groups excluding carboxylic acids is 3. The van der Waals surface area contributed by atoms with E-state index in [9.17, 15) is 19.2 Å². The third kappa shape index (κ3) is 7.51. The molecule has 0 aliphatic carbocycles. The number of esters is 1. The summed E-state index contributed by atoms with van der Waals surface area (Å²) in [6, 6.07) is 5.10. The molecule has 0 saturated carbocycles. The zero-order valence-corrected chi connectivity index (χ0v) is 21.6. The summed E-state index contributed by atoms with van der Waals surface area (Å²) in [7, 11) is 1.69. The molecule has 1 fully saturated rings. The first kappa shape index (κ1) is 27.6. The molecule has 2 amide bonds. The molecule has 0 radical (unpaired) electrons. The first-order valence-electron chi connectivity index (χ1n) is 12.5.